The summed E-state index contributed by atoms with van der Waals surface area (Å²) in [6, 6.07) is 23.2. The van der Waals surface area contributed by atoms with Gasteiger partial charge in [-0.05, 0) is 73.4 Å². The van der Waals surface area contributed by atoms with Crippen molar-refractivity contribution in [1.82, 2.24) is 20.1 Å². The van der Waals surface area contributed by atoms with Crippen LogP contribution in [0, 0.1) is 6.92 Å². The van der Waals surface area contributed by atoms with Gasteiger partial charge in [-0.25, -0.2) is 0 Å². The highest BCUT2D eigenvalue weighted by Gasteiger charge is 2.25. The average Bonchev–Trinajstić information content (AvgIpc) is 3.59. The zero-order chi connectivity index (χ0) is 27.9. The lowest BCUT2D eigenvalue weighted by atomic mass is 10.2. The van der Waals surface area contributed by atoms with E-state index in [9.17, 15) is 9.59 Å². The molecule has 8 nitrogen and oxygen atoms in total. The van der Waals surface area contributed by atoms with Gasteiger partial charge < -0.3 is 15.0 Å². The van der Waals surface area contributed by atoms with Crippen molar-refractivity contribution in [1.29, 1.82) is 0 Å². The van der Waals surface area contributed by atoms with Crippen LogP contribution in [0.4, 0.5) is 5.69 Å². The molecule has 1 aliphatic rings. The van der Waals surface area contributed by atoms with Gasteiger partial charge in [-0.15, -0.1) is 10.2 Å². The molecule has 2 amide bonds. The summed E-state index contributed by atoms with van der Waals surface area (Å²) in [4.78, 5) is 27.9. The second-order valence-corrected chi connectivity index (χ2v) is 10.6. The molecule has 9 heteroatoms. The summed E-state index contributed by atoms with van der Waals surface area (Å²) < 4.78 is 7.61. The van der Waals surface area contributed by atoms with Crippen LogP contribution in [0.3, 0.4) is 0 Å². The molecule has 0 radical (unpaired) electrons. The third-order valence-electron chi connectivity index (χ3n) is 6.76. The maximum Gasteiger partial charge on any atom is 0.251 e. The molecule has 1 aliphatic heterocycles. The van der Waals surface area contributed by atoms with Crippen LogP contribution in [0.15, 0.2) is 78.0 Å². The van der Waals surface area contributed by atoms with E-state index in [1.165, 1.54) is 17.3 Å². The predicted octanol–water partition coefficient (Wildman–Crippen LogP) is 5.37. The lowest BCUT2D eigenvalue weighted by Crippen LogP contribution is -2.30. The number of nitrogens with zero attached hydrogens (tertiary/aromatic N) is 4. The molecule has 1 N–H and O–H groups in total. The highest BCUT2D eigenvalue weighted by molar-refractivity contribution is 7.99. The molecule has 0 bridgehead atoms. The molecule has 0 saturated carbocycles. The van der Waals surface area contributed by atoms with Crippen LogP contribution in [0.2, 0.25) is 0 Å². The Morgan fingerprint density at radius 1 is 1.02 bits per heavy atom. The van der Waals surface area contributed by atoms with E-state index in [-0.39, 0.29) is 24.1 Å². The fraction of sp³-hybridized carbons (Fsp3) is 0.290. The van der Waals surface area contributed by atoms with Gasteiger partial charge in [-0.2, -0.15) is 0 Å². The Morgan fingerprint density at radius 3 is 2.65 bits per heavy atom. The number of carbonyl (C=O) groups excluding carboxylic acids is 2. The summed E-state index contributed by atoms with van der Waals surface area (Å²) in [7, 11) is 0. The Morgan fingerprint density at radius 2 is 1.85 bits per heavy atom. The smallest absolute Gasteiger partial charge is 0.251 e. The number of amides is 2. The van der Waals surface area contributed by atoms with Gasteiger partial charge in [0.2, 0.25) is 5.91 Å². The number of hydrogen-bond donors (Lipinski definition) is 1. The number of unbranched alkanes of at least 4 members (excludes halogenated alkanes) is 1. The Kier molecular flexibility index (Phi) is 8.81. The molecule has 0 saturated heterocycles. The second kappa shape index (κ2) is 12.8. The van der Waals surface area contributed by atoms with E-state index in [4.69, 9.17) is 4.74 Å². The molecule has 4 aromatic rings. The molecule has 0 spiro atoms. The number of thioether (sulfide) groups is 1. The molecule has 0 fully saturated rings. The number of aromatic nitrogens is 3. The molecular weight excluding hydrogens is 522 g/mol. The number of ether oxygens (including phenoxy) is 1. The largest absolute Gasteiger partial charge is 0.494 e. The monoisotopic (exact) mass is 555 g/mol. The number of anilines is 1. The second-order valence-electron chi connectivity index (χ2n) is 9.70. The number of carbonyl (C=O) groups is 2. The van der Waals surface area contributed by atoms with Crippen molar-refractivity contribution in [3.63, 3.8) is 0 Å². The number of aryl methyl sites for hydroxylation is 1. The minimum atomic E-state index is -0.212. The summed E-state index contributed by atoms with van der Waals surface area (Å²) >= 11 is 1.35. The van der Waals surface area contributed by atoms with Gasteiger partial charge in [0.15, 0.2) is 11.0 Å². The van der Waals surface area contributed by atoms with Crippen molar-refractivity contribution in [3.05, 3.63) is 95.3 Å². The first-order valence-corrected chi connectivity index (χ1v) is 14.6. The van der Waals surface area contributed by atoms with E-state index in [1.807, 2.05) is 71.0 Å². The Bertz CT molecular complexity index is 1480. The van der Waals surface area contributed by atoms with Gasteiger partial charge in [0.25, 0.3) is 5.91 Å². The summed E-state index contributed by atoms with van der Waals surface area (Å²) in [5.41, 5.74) is 4.68. The fourth-order valence-electron chi connectivity index (χ4n) is 4.63. The van der Waals surface area contributed by atoms with E-state index in [1.54, 1.807) is 12.1 Å². The van der Waals surface area contributed by atoms with Crippen molar-refractivity contribution in [2.45, 2.75) is 44.8 Å². The van der Waals surface area contributed by atoms with Gasteiger partial charge in [0.05, 0.1) is 18.9 Å². The first-order valence-electron chi connectivity index (χ1n) is 13.6. The van der Waals surface area contributed by atoms with Gasteiger partial charge in [0, 0.05) is 23.5 Å². The van der Waals surface area contributed by atoms with E-state index >= 15 is 0 Å². The standard InChI is InChI=1S/C31H33N5O3S/c1-3-4-18-39-26-14-12-24(13-15-26)30(38)32-20-28-33-34-31(36(28)25-10-7-8-22(2)19-25)40-21-29(37)35-17-16-23-9-5-6-11-27(23)35/h5-15,19H,3-4,16-18,20-21H2,1-2H3,(H,32,38). The fourth-order valence-corrected chi connectivity index (χ4v) is 5.48. The van der Waals surface area contributed by atoms with E-state index in [0.717, 1.165) is 42.0 Å². The zero-order valence-corrected chi connectivity index (χ0v) is 23.6. The average molecular weight is 556 g/mol. The van der Waals surface area contributed by atoms with Gasteiger partial charge in [0.1, 0.15) is 5.75 Å². The predicted molar refractivity (Wildman–Crippen MR) is 157 cm³/mol. The number of rotatable bonds is 11. The van der Waals surface area contributed by atoms with Crippen LogP contribution < -0.4 is 15.0 Å². The highest BCUT2D eigenvalue weighted by atomic mass is 32.2. The van der Waals surface area contributed by atoms with Crippen molar-refractivity contribution < 1.29 is 14.3 Å². The van der Waals surface area contributed by atoms with Crippen LogP contribution >= 0.6 is 11.8 Å². The lowest BCUT2D eigenvalue weighted by Gasteiger charge is -2.17. The molecule has 5 rings (SSSR count). The molecule has 40 heavy (non-hydrogen) atoms. The quantitative estimate of drug-likeness (QED) is 0.198. The summed E-state index contributed by atoms with van der Waals surface area (Å²) in [5, 5.41) is 12.3. The number of hydrogen-bond acceptors (Lipinski definition) is 6. The lowest BCUT2D eigenvalue weighted by molar-refractivity contribution is -0.116. The molecule has 0 atom stereocenters. The number of para-hydroxylation sites is 1. The molecule has 2 heterocycles. The number of fused-ring (bicyclic) bond motifs is 1. The number of nitrogens with one attached hydrogen (secondary N) is 1. The van der Waals surface area contributed by atoms with E-state index < -0.39 is 0 Å². The van der Waals surface area contributed by atoms with Crippen molar-refractivity contribution in [3.8, 4) is 11.4 Å². The van der Waals surface area contributed by atoms with E-state index in [2.05, 4.69) is 28.5 Å². The first-order chi connectivity index (χ1) is 19.5. The van der Waals surface area contributed by atoms with Gasteiger partial charge >= 0.3 is 0 Å². The third kappa shape index (κ3) is 6.37. The van der Waals surface area contributed by atoms with Crippen LogP contribution in [0.1, 0.15) is 47.1 Å². The maximum atomic E-state index is 13.1. The molecular formula is C31H33N5O3S. The van der Waals surface area contributed by atoms with Gasteiger partial charge in [-0.3, -0.25) is 14.2 Å². The minimum Gasteiger partial charge on any atom is -0.494 e. The molecule has 3 aromatic carbocycles. The van der Waals surface area contributed by atoms with Crippen LogP contribution in [-0.2, 0) is 17.8 Å². The maximum absolute atomic E-state index is 13.1. The Hall–Kier alpha value is -4.11. The summed E-state index contributed by atoms with van der Waals surface area (Å²) in [6.45, 7) is 5.67. The normalized spacial score (nSPS) is 12.3. The van der Waals surface area contributed by atoms with Crippen LogP contribution in [0.5, 0.6) is 5.75 Å². The van der Waals surface area contributed by atoms with Crippen molar-refractivity contribution in [2.75, 3.05) is 23.8 Å². The van der Waals surface area contributed by atoms with Crippen LogP contribution in [-0.4, -0.2) is 45.5 Å². The summed E-state index contributed by atoms with van der Waals surface area (Å²) in [5.74, 6) is 1.39. The molecule has 0 aliphatic carbocycles. The summed E-state index contributed by atoms with van der Waals surface area (Å²) in [6.07, 6.45) is 2.92. The van der Waals surface area contributed by atoms with Gasteiger partial charge in [-0.1, -0.05) is 55.4 Å². The molecule has 206 valence electrons. The van der Waals surface area contributed by atoms with Crippen molar-refractivity contribution >= 4 is 29.3 Å². The Labute approximate surface area is 238 Å². The molecule has 1 aromatic heterocycles. The van der Waals surface area contributed by atoms with E-state index in [0.29, 0.717) is 29.7 Å². The Balaban J connectivity index is 1.28. The topological polar surface area (TPSA) is 89.3 Å². The third-order valence-corrected chi connectivity index (χ3v) is 7.68. The SMILES string of the molecule is CCCCOc1ccc(C(=O)NCc2nnc(SCC(=O)N3CCc4ccccc43)n2-c2cccc(C)c2)cc1. The zero-order valence-electron chi connectivity index (χ0n) is 22.8. The number of benzene rings is 3. The minimum absolute atomic E-state index is 0.0331. The van der Waals surface area contributed by atoms with Crippen LogP contribution in [0.25, 0.3) is 5.69 Å². The highest BCUT2D eigenvalue weighted by Crippen LogP contribution is 2.29. The molecule has 0 unspecified atom stereocenters. The first kappa shape index (κ1) is 27.5. The van der Waals surface area contributed by atoms with Crippen molar-refractivity contribution in [2.24, 2.45) is 0 Å².